The second-order valence-corrected chi connectivity index (χ2v) is 5.90. The van der Waals surface area contributed by atoms with E-state index in [1.165, 1.54) is 0 Å². The highest BCUT2D eigenvalue weighted by molar-refractivity contribution is 5.57. The van der Waals surface area contributed by atoms with Crippen molar-refractivity contribution in [1.82, 2.24) is 0 Å². The van der Waals surface area contributed by atoms with E-state index >= 15 is 0 Å². The molecule has 1 heterocycles. The summed E-state index contributed by atoms with van der Waals surface area (Å²) in [5.41, 5.74) is 2.00. The SMILES string of the molecule is Cc1ccccc1Oc1ccc(N2CC(F)CC2CC=O)cc1. The van der Waals surface area contributed by atoms with E-state index < -0.39 is 6.17 Å². The molecule has 0 saturated carbocycles. The molecule has 0 aliphatic carbocycles. The van der Waals surface area contributed by atoms with E-state index in [4.69, 9.17) is 4.74 Å². The van der Waals surface area contributed by atoms with Gasteiger partial charge in [-0.3, -0.25) is 0 Å². The number of aldehydes is 1. The molecule has 2 aromatic carbocycles. The Labute approximate surface area is 135 Å². The van der Waals surface area contributed by atoms with E-state index in [2.05, 4.69) is 0 Å². The second-order valence-electron chi connectivity index (χ2n) is 5.90. The summed E-state index contributed by atoms with van der Waals surface area (Å²) < 4.78 is 19.5. The number of carbonyl (C=O) groups is 1. The van der Waals surface area contributed by atoms with E-state index in [0.29, 0.717) is 19.4 Å². The van der Waals surface area contributed by atoms with Gasteiger partial charge in [0.1, 0.15) is 24.0 Å². The maximum absolute atomic E-state index is 13.7. The van der Waals surface area contributed by atoms with Gasteiger partial charge in [-0.25, -0.2) is 4.39 Å². The fourth-order valence-electron chi connectivity index (χ4n) is 3.01. The average molecular weight is 313 g/mol. The van der Waals surface area contributed by atoms with E-state index in [1.54, 1.807) is 0 Å². The summed E-state index contributed by atoms with van der Waals surface area (Å²) >= 11 is 0. The zero-order valence-electron chi connectivity index (χ0n) is 13.1. The van der Waals surface area contributed by atoms with Crippen LogP contribution < -0.4 is 9.64 Å². The van der Waals surface area contributed by atoms with Crippen molar-refractivity contribution >= 4 is 12.0 Å². The van der Waals surface area contributed by atoms with Crippen molar-refractivity contribution in [2.45, 2.75) is 32.0 Å². The van der Waals surface area contributed by atoms with Gasteiger partial charge in [0, 0.05) is 31.1 Å². The number of para-hydroxylation sites is 1. The van der Waals surface area contributed by atoms with Gasteiger partial charge in [0.05, 0.1) is 0 Å². The van der Waals surface area contributed by atoms with E-state index in [9.17, 15) is 9.18 Å². The molecule has 4 heteroatoms. The van der Waals surface area contributed by atoms with Crippen LogP contribution in [0.25, 0.3) is 0 Å². The number of carbonyl (C=O) groups excluding carboxylic acids is 1. The molecule has 0 aromatic heterocycles. The molecular weight excluding hydrogens is 293 g/mol. The summed E-state index contributed by atoms with van der Waals surface area (Å²) in [6.45, 7) is 2.34. The maximum atomic E-state index is 13.7. The normalized spacial score (nSPS) is 20.5. The lowest BCUT2D eigenvalue weighted by Gasteiger charge is -2.25. The zero-order chi connectivity index (χ0) is 16.2. The van der Waals surface area contributed by atoms with Crippen LogP contribution in [0.4, 0.5) is 10.1 Å². The van der Waals surface area contributed by atoms with E-state index in [0.717, 1.165) is 29.0 Å². The Morgan fingerprint density at radius 3 is 2.65 bits per heavy atom. The van der Waals surface area contributed by atoms with Crippen LogP contribution in [-0.4, -0.2) is 25.0 Å². The predicted molar refractivity (Wildman–Crippen MR) is 89.0 cm³/mol. The van der Waals surface area contributed by atoms with Crippen molar-refractivity contribution in [2.24, 2.45) is 0 Å². The minimum absolute atomic E-state index is 0.0503. The zero-order valence-corrected chi connectivity index (χ0v) is 13.1. The van der Waals surface area contributed by atoms with Crippen molar-refractivity contribution in [3.05, 3.63) is 54.1 Å². The third kappa shape index (κ3) is 3.52. The van der Waals surface area contributed by atoms with Crippen LogP contribution in [0.3, 0.4) is 0 Å². The van der Waals surface area contributed by atoms with Crippen LogP contribution in [0.1, 0.15) is 18.4 Å². The first-order valence-electron chi connectivity index (χ1n) is 7.85. The van der Waals surface area contributed by atoms with Crippen LogP contribution in [0.15, 0.2) is 48.5 Å². The molecule has 23 heavy (non-hydrogen) atoms. The third-order valence-electron chi connectivity index (χ3n) is 4.22. The summed E-state index contributed by atoms with van der Waals surface area (Å²) in [6, 6.07) is 15.4. The topological polar surface area (TPSA) is 29.5 Å². The van der Waals surface area contributed by atoms with Crippen molar-refractivity contribution in [2.75, 3.05) is 11.4 Å². The van der Waals surface area contributed by atoms with Gasteiger partial charge in [-0.05, 0) is 42.8 Å². The van der Waals surface area contributed by atoms with Gasteiger partial charge in [0.2, 0.25) is 0 Å². The molecule has 3 nitrogen and oxygen atoms in total. The molecule has 0 bridgehead atoms. The smallest absolute Gasteiger partial charge is 0.130 e. The molecule has 1 fully saturated rings. The molecule has 120 valence electrons. The number of nitrogens with zero attached hydrogens (tertiary/aromatic N) is 1. The largest absolute Gasteiger partial charge is 0.457 e. The molecule has 2 unspecified atom stereocenters. The quantitative estimate of drug-likeness (QED) is 0.771. The summed E-state index contributed by atoms with van der Waals surface area (Å²) in [7, 11) is 0. The standard InChI is InChI=1S/C19H20FNO2/c1-14-4-2-3-5-19(14)23-18-8-6-16(7-9-18)21-13-15(20)12-17(21)10-11-22/h2-9,11,15,17H,10,12-13H2,1H3. The first kappa shape index (κ1) is 15.5. The highest BCUT2D eigenvalue weighted by atomic mass is 19.1. The van der Waals surface area contributed by atoms with E-state index in [-0.39, 0.29) is 6.04 Å². The molecule has 0 N–H and O–H groups in total. The molecule has 2 atom stereocenters. The number of aryl methyl sites for hydroxylation is 1. The fourth-order valence-corrected chi connectivity index (χ4v) is 3.01. The summed E-state index contributed by atoms with van der Waals surface area (Å²) in [4.78, 5) is 12.7. The van der Waals surface area contributed by atoms with Crippen LogP contribution >= 0.6 is 0 Å². The van der Waals surface area contributed by atoms with E-state index in [1.807, 2.05) is 60.4 Å². The molecule has 0 amide bonds. The van der Waals surface area contributed by atoms with Gasteiger partial charge in [0.15, 0.2) is 0 Å². The van der Waals surface area contributed by atoms with Crippen molar-refractivity contribution in [1.29, 1.82) is 0 Å². The minimum Gasteiger partial charge on any atom is -0.457 e. The van der Waals surface area contributed by atoms with Gasteiger partial charge in [-0.1, -0.05) is 18.2 Å². The third-order valence-corrected chi connectivity index (χ3v) is 4.22. The van der Waals surface area contributed by atoms with Crippen LogP contribution in [0, 0.1) is 6.92 Å². The molecule has 2 aromatic rings. The first-order valence-corrected chi connectivity index (χ1v) is 7.85. The molecule has 1 aliphatic rings. The lowest BCUT2D eigenvalue weighted by molar-refractivity contribution is -0.108. The Bertz CT molecular complexity index is 671. The Hall–Kier alpha value is -2.36. The fraction of sp³-hybridized carbons (Fsp3) is 0.316. The Kier molecular flexibility index (Phi) is 4.60. The first-order chi connectivity index (χ1) is 11.2. The maximum Gasteiger partial charge on any atom is 0.130 e. The van der Waals surface area contributed by atoms with Crippen molar-refractivity contribution in [3.63, 3.8) is 0 Å². The lowest BCUT2D eigenvalue weighted by atomic mass is 10.1. The van der Waals surface area contributed by atoms with Gasteiger partial charge in [-0.2, -0.15) is 0 Å². The van der Waals surface area contributed by atoms with Crippen LogP contribution in [0.5, 0.6) is 11.5 Å². The number of hydrogen-bond donors (Lipinski definition) is 0. The summed E-state index contributed by atoms with van der Waals surface area (Å²) in [5.74, 6) is 1.56. The van der Waals surface area contributed by atoms with Gasteiger partial charge in [0.25, 0.3) is 0 Å². The summed E-state index contributed by atoms with van der Waals surface area (Å²) in [5, 5.41) is 0. The molecule has 0 radical (unpaired) electrons. The van der Waals surface area contributed by atoms with Crippen molar-refractivity contribution in [3.8, 4) is 11.5 Å². The second kappa shape index (κ2) is 6.82. The van der Waals surface area contributed by atoms with Crippen LogP contribution in [0.2, 0.25) is 0 Å². The Morgan fingerprint density at radius 1 is 1.22 bits per heavy atom. The monoisotopic (exact) mass is 313 g/mol. The predicted octanol–water partition coefficient (Wildman–Crippen LogP) is 4.29. The minimum atomic E-state index is -0.872. The number of halogens is 1. The highest BCUT2D eigenvalue weighted by Crippen LogP contribution is 2.31. The average Bonchev–Trinajstić information content (AvgIpc) is 2.91. The van der Waals surface area contributed by atoms with Gasteiger partial charge >= 0.3 is 0 Å². The number of rotatable bonds is 5. The molecule has 0 spiro atoms. The molecular formula is C19H20FNO2. The lowest BCUT2D eigenvalue weighted by Crippen LogP contribution is -2.29. The Balaban J connectivity index is 1.74. The molecule has 1 aliphatic heterocycles. The number of alkyl halides is 1. The number of ether oxygens (including phenoxy) is 1. The summed E-state index contributed by atoms with van der Waals surface area (Å²) in [6.07, 6.45) is 0.774. The molecule has 3 rings (SSSR count). The van der Waals surface area contributed by atoms with Gasteiger partial charge in [-0.15, -0.1) is 0 Å². The number of benzene rings is 2. The highest BCUT2D eigenvalue weighted by Gasteiger charge is 2.31. The number of anilines is 1. The Morgan fingerprint density at radius 2 is 1.96 bits per heavy atom. The number of hydrogen-bond acceptors (Lipinski definition) is 3. The van der Waals surface area contributed by atoms with Crippen molar-refractivity contribution < 1.29 is 13.9 Å². The van der Waals surface area contributed by atoms with Crippen LogP contribution in [-0.2, 0) is 4.79 Å². The van der Waals surface area contributed by atoms with Gasteiger partial charge < -0.3 is 14.4 Å². The molecule has 1 saturated heterocycles.